The number of aromatic hydroxyl groups is 1. The molecule has 3 amide bonds. The van der Waals surface area contributed by atoms with Crippen LogP contribution in [0.25, 0.3) is 11.1 Å². The number of aromatic nitrogens is 1. The van der Waals surface area contributed by atoms with Crippen molar-refractivity contribution < 1.29 is 24.0 Å². The van der Waals surface area contributed by atoms with E-state index < -0.39 is 0 Å². The van der Waals surface area contributed by atoms with Gasteiger partial charge in [-0.3, -0.25) is 14.4 Å². The highest BCUT2D eigenvalue weighted by molar-refractivity contribution is 5.95. The zero-order chi connectivity index (χ0) is 27.8. The van der Waals surface area contributed by atoms with E-state index in [1.807, 2.05) is 32.0 Å². The summed E-state index contributed by atoms with van der Waals surface area (Å²) in [6.45, 7) is 5.51. The number of nitrogens with zero attached hydrogens (tertiary/aromatic N) is 2. The van der Waals surface area contributed by atoms with Gasteiger partial charge in [0.05, 0.1) is 5.69 Å². The van der Waals surface area contributed by atoms with E-state index in [1.165, 1.54) is 0 Å². The van der Waals surface area contributed by atoms with Gasteiger partial charge in [0, 0.05) is 55.7 Å². The second-order valence-electron chi connectivity index (χ2n) is 9.93. The lowest BCUT2D eigenvalue weighted by atomic mass is 9.98. The number of hydrogen-bond acceptors (Lipinski definition) is 6. The first-order valence-corrected chi connectivity index (χ1v) is 13.5. The second kappa shape index (κ2) is 13.1. The minimum absolute atomic E-state index is 0.000547. The third-order valence-electron chi connectivity index (χ3n) is 7.08. The molecule has 9 heteroatoms. The molecule has 3 aromatic rings. The number of rotatable bonds is 3. The number of carbonyl (C=O) groups is 3. The number of benzene rings is 2. The predicted octanol–water partition coefficient (Wildman–Crippen LogP) is 3.70. The number of carbonyl (C=O) groups excluding carboxylic acids is 3. The Morgan fingerprint density at radius 1 is 1.00 bits per heavy atom. The molecule has 4 bridgehead atoms. The molecule has 0 radical (unpaired) electrons. The smallest absolute Gasteiger partial charge is 0.251 e. The SMILES string of the molecule is Cc1noc(C)c1CCC(=O)N1CCCNC(=O)c2cccc(c2)-c2cc(ccc2O)CCNC(=O)CCC1. The first kappa shape index (κ1) is 27.9. The number of fused-ring (bicyclic) bond motifs is 5. The molecule has 2 aromatic carbocycles. The van der Waals surface area contributed by atoms with Crippen LogP contribution in [0.2, 0.25) is 0 Å². The Hall–Kier alpha value is -4.14. The number of amides is 3. The first-order chi connectivity index (χ1) is 18.8. The van der Waals surface area contributed by atoms with Gasteiger partial charge in [-0.1, -0.05) is 23.4 Å². The van der Waals surface area contributed by atoms with Crippen molar-refractivity contribution in [3.05, 3.63) is 70.6 Å². The summed E-state index contributed by atoms with van der Waals surface area (Å²) in [6, 6.07) is 12.5. The Morgan fingerprint density at radius 3 is 2.59 bits per heavy atom. The van der Waals surface area contributed by atoms with E-state index in [4.69, 9.17) is 4.52 Å². The zero-order valence-electron chi connectivity index (χ0n) is 22.6. The lowest BCUT2D eigenvalue weighted by Gasteiger charge is -2.23. The van der Waals surface area contributed by atoms with E-state index in [-0.39, 0.29) is 23.5 Å². The van der Waals surface area contributed by atoms with E-state index in [9.17, 15) is 19.5 Å². The predicted molar refractivity (Wildman–Crippen MR) is 147 cm³/mol. The lowest BCUT2D eigenvalue weighted by molar-refractivity contribution is -0.131. The van der Waals surface area contributed by atoms with Crippen LogP contribution in [0.5, 0.6) is 5.75 Å². The Labute approximate surface area is 228 Å². The Balaban J connectivity index is 1.46. The van der Waals surface area contributed by atoms with Crippen molar-refractivity contribution in [3.63, 3.8) is 0 Å². The minimum Gasteiger partial charge on any atom is -0.507 e. The molecule has 0 saturated carbocycles. The average Bonchev–Trinajstić information content (AvgIpc) is 3.25. The molecule has 206 valence electrons. The van der Waals surface area contributed by atoms with Crippen LogP contribution in [-0.4, -0.2) is 59.1 Å². The molecule has 1 aliphatic heterocycles. The van der Waals surface area contributed by atoms with E-state index in [2.05, 4.69) is 15.8 Å². The van der Waals surface area contributed by atoms with E-state index in [1.54, 1.807) is 29.2 Å². The largest absolute Gasteiger partial charge is 0.507 e. The van der Waals surface area contributed by atoms with Crippen molar-refractivity contribution in [1.82, 2.24) is 20.7 Å². The summed E-state index contributed by atoms with van der Waals surface area (Å²) in [4.78, 5) is 40.2. The summed E-state index contributed by atoms with van der Waals surface area (Å²) in [6.07, 6.45) is 2.91. The van der Waals surface area contributed by atoms with E-state index in [0.29, 0.717) is 75.8 Å². The maximum atomic E-state index is 13.1. The van der Waals surface area contributed by atoms with Crippen molar-refractivity contribution in [3.8, 4) is 16.9 Å². The quantitative estimate of drug-likeness (QED) is 0.473. The van der Waals surface area contributed by atoms with Crippen molar-refractivity contribution >= 4 is 17.7 Å². The summed E-state index contributed by atoms with van der Waals surface area (Å²) in [5.41, 5.74) is 4.57. The van der Waals surface area contributed by atoms with Crippen LogP contribution in [0, 0.1) is 13.8 Å². The molecule has 0 fully saturated rings. The molecule has 0 saturated heterocycles. The van der Waals surface area contributed by atoms with Gasteiger partial charge in [0.2, 0.25) is 11.8 Å². The number of hydrogen-bond donors (Lipinski definition) is 3. The van der Waals surface area contributed by atoms with Crippen molar-refractivity contribution in [1.29, 1.82) is 0 Å². The average molecular weight is 533 g/mol. The number of aryl methyl sites for hydroxylation is 2. The normalized spacial score (nSPS) is 15.5. The Morgan fingerprint density at radius 2 is 1.79 bits per heavy atom. The maximum absolute atomic E-state index is 13.1. The van der Waals surface area contributed by atoms with Gasteiger partial charge < -0.3 is 25.2 Å². The number of phenols is 1. The van der Waals surface area contributed by atoms with Gasteiger partial charge in [0.15, 0.2) is 0 Å². The fraction of sp³-hybridized carbons (Fsp3) is 0.400. The number of nitrogens with one attached hydrogen (secondary N) is 2. The van der Waals surface area contributed by atoms with Gasteiger partial charge in [-0.25, -0.2) is 0 Å². The second-order valence-corrected chi connectivity index (χ2v) is 9.93. The van der Waals surface area contributed by atoms with Crippen LogP contribution in [0.1, 0.15) is 58.6 Å². The monoisotopic (exact) mass is 532 g/mol. The maximum Gasteiger partial charge on any atom is 0.251 e. The number of phenolic OH excluding ortho intramolecular Hbond substituents is 1. The summed E-state index contributed by atoms with van der Waals surface area (Å²) in [5.74, 6) is 0.581. The summed E-state index contributed by atoms with van der Waals surface area (Å²) in [7, 11) is 0. The van der Waals surface area contributed by atoms with Gasteiger partial charge in [0.1, 0.15) is 11.5 Å². The highest BCUT2D eigenvalue weighted by atomic mass is 16.5. The summed E-state index contributed by atoms with van der Waals surface area (Å²) >= 11 is 0. The Bertz CT molecular complexity index is 1310. The zero-order valence-corrected chi connectivity index (χ0v) is 22.6. The van der Waals surface area contributed by atoms with Crippen molar-refractivity contribution in [2.24, 2.45) is 0 Å². The van der Waals surface area contributed by atoms with Crippen molar-refractivity contribution in [2.45, 2.75) is 52.4 Å². The first-order valence-electron chi connectivity index (χ1n) is 13.5. The van der Waals surface area contributed by atoms with E-state index in [0.717, 1.165) is 28.1 Å². The molecule has 3 N–H and O–H groups in total. The fourth-order valence-electron chi connectivity index (χ4n) is 4.85. The van der Waals surface area contributed by atoms with Crippen LogP contribution < -0.4 is 10.6 Å². The molecule has 1 aliphatic rings. The topological polar surface area (TPSA) is 125 Å². The third kappa shape index (κ3) is 7.46. The van der Waals surface area contributed by atoms with Gasteiger partial charge >= 0.3 is 0 Å². The molecule has 2 heterocycles. The van der Waals surface area contributed by atoms with Crippen LogP contribution in [0.15, 0.2) is 47.0 Å². The molecule has 39 heavy (non-hydrogen) atoms. The van der Waals surface area contributed by atoms with Crippen LogP contribution in [0.3, 0.4) is 0 Å². The molecule has 0 spiro atoms. The molecule has 0 unspecified atom stereocenters. The van der Waals surface area contributed by atoms with Crippen LogP contribution >= 0.6 is 0 Å². The van der Waals surface area contributed by atoms with E-state index >= 15 is 0 Å². The van der Waals surface area contributed by atoms with Crippen LogP contribution in [-0.2, 0) is 22.4 Å². The van der Waals surface area contributed by atoms with Gasteiger partial charge in [-0.15, -0.1) is 0 Å². The standard InChI is InChI=1S/C30H36N4O5/c1-20-25(21(2)39-33-20)10-12-29(37)34-16-4-8-28(36)31-15-13-22-9-11-27(35)26(18-22)23-6-3-7-24(19-23)30(38)32-14-5-17-34/h3,6-7,9,11,18-19,35H,4-5,8,10,12-17H2,1-2H3,(H,31,36)(H,32,38). The highest BCUT2D eigenvalue weighted by Gasteiger charge is 2.18. The van der Waals surface area contributed by atoms with Crippen molar-refractivity contribution in [2.75, 3.05) is 26.2 Å². The lowest BCUT2D eigenvalue weighted by Crippen LogP contribution is -2.36. The molecular weight excluding hydrogens is 496 g/mol. The molecule has 0 aliphatic carbocycles. The summed E-state index contributed by atoms with van der Waals surface area (Å²) < 4.78 is 5.22. The minimum atomic E-state index is -0.212. The van der Waals surface area contributed by atoms with Gasteiger partial charge in [-0.05, 0) is 74.9 Å². The molecular formula is C30H36N4O5. The molecule has 1 aromatic heterocycles. The fourth-order valence-corrected chi connectivity index (χ4v) is 4.85. The highest BCUT2D eigenvalue weighted by Crippen LogP contribution is 2.31. The molecule has 9 nitrogen and oxygen atoms in total. The van der Waals surface area contributed by atoms with Gasteiger partial charge in [0.25, 0.3) is 5.91 Å². The van der Waals surface area contributed by atoms with Gasteiger partial charge in [-0.2, -0.15) is 0 Å². The summed E-state index contributed by atoms with van der Waals surface area (Å²) in [5, 5.41) is 20.3. The van der Waals surface area contributed by atoms with Crippen LogP contribution in [0.4, 0.5) is 0 Å². The molecule has 4 rings (SSSR count). The Kier molecular flexibility index (Phi) is 9.35. The molecule has 0 atom stereocenters. The third-order valence-corrected chi connectivity index (χ3v) is 7.08.